The van der Waals surface area contributed by atoms with E-state index in [0.29, 0.717) is 21.4 Å². The van der Waals surface area contributed by atoms with Crippen molar-refractivity contribution >= 4 is 56.3 Å². The highest BCUT2D eigenvalue weighted by atomic mass is 35.5. The van der Waals surface area contributed by atoms with E-state index < -0.39 is 4.92 Å². The Morgan fingerprint density at radius 3 is 2.64 bits per heavy atom. The summed E-state index contributed by atoms with van der Waals surface area (Å²) in [6.07, 6.45) is 0. The molecule has 0 aliphatic rings. The van der Waals surface area contributed by atoms with E-state index in [1.165, 1.54) is 35.6 Å². The molecule has 7 nitrogen and oxygen atoms in total. The van der Waals surface area contributed by atoms with Crippen molar-refractivity contribution < 1.29 is 14.1 Å². The third-order valence-electron chi connectivity index (χ3n) is 3.86. The smallest absolute Gasteiger partial charge is 0.277 e. The molecule has 0 bridgehead atoms. The summed E-state index contributed by atoms with van der Waals surface area (Å²) >= 11 is 8.97. The van der Waals surface area contributed by atoms with E-state index in [1.807, 2.05) is 24.3 Å². The fourth-order valence-corrected chi connectivity index (χ4v) is 4.58. The van der Waals surface area contributed by atoms with Gasteiger partial charge in [-0.2, -0.15) is 0 Å². The number of hydrogen-bond donors (Lipinski definition) is 0. The summed E-state index contributed by atoms with van der Waals surface area (Å²) in [5.41, 5.74) is 0.316. The molecule has 0 unspecified atom stereocenters. The molecular formula is C18H10ClN3O4S2. The van der Waals surface area contributed by atoms with Crippen LogP contribution in [0.3, 0.4) is 0 Å². The van der Waals surface area contributed by atoms with Gasteiger partial charge in [-0.3, -0.25) is 14.9 Å². The van der Waals surface area contributed by atoms with Gasteiger partial charge in [-0.1, -0.05) is 41.6 Å². The van der Waals surface area contributed by atoms with Gasteiger partial charge in [-0.05, 0) is 18.2 Å². The third-order valence-corrected chi connectivity index (χ3v) is 6.34. The number of non-ortho nitro benzene ring substituents is 1. The van der Waals surface area contributed by atoms with Crippen LogP contribution in [0.2, 0.25) is 5.02 Å². The van der Waals surface area contributed by atoms with Crippen molar-refractivity contribution in [3.05, 3.63) is 69.2 Å². The van der Waals surface area contributed by atoms with Crippen molar-refractivity contribution in [1.82, 2.24) is 10.2 Å². The quantitative estimate of drug-likeness (QED) is 0.172. The average molecular weight is 432 g/mol. The average Bonchev–Trinajstić information content (AvgIpc) is 3.31. The number of Topliss-reactive ketones (excluding diaryl/α,β-unsaturated/α-hetero) is 1. The zero-order valence-electron chi connectivity index (χ0n) is 14.0. The van der Waals surface area contributed by atoms with Crippen molar-refractivity contribution in [2.45, 2.75) is 5.22 Å². The Morgan fingerprint density at radius 2 is 1.93 bits per heavy atom. The lowest BCUT2D eigenvalue weighted by atomic mass is 10.1. The van der Waals surface area contributed by atoms with Gasteiger partial charge in [0.15, 0.2) is 5.78 Å². The number of nitro groups is 1. The molecule has 0 atom stereocenters. The minimum atomic E-state index is -0.512. The molecule has 140 valence electrons. The van der Waals surface area contributed by atoms with Gasteiger partial charge in [-0.25, -0.2) is 0 Å². The largest absolute Gasteiger partial charge is 0.410 e. The molecule has 0 radical (unpaired) electrons. The molecule has 0 N–H and O–H groups in total. The molecule has 0 saturated heterocycles. The van der Waals surface area contributed by atoms with Crippen molar-refractivity contribution in [1.29, 1.82) is 0 Å². The summed E-state index contributed by atoms with van der Waals surface area (Å²) in [5.74, 6) is 0.176. The molecule has 0 fully saturated rings. The molecule has 10 heteroatoms. The summed E-state index contributed by atoms with van der Waals surface area (Å²) in [6.45, 7) is 0. The van der Waals surface area contributed by atoms with Crippen molar-refractivity contribution in [3.8, 4) is 10.8 Å². The second-order valence-corrected chi connectivity index (χ2v) is 7.99. The van der Waals surface area contributed by atoms with E-state index in [0.717, 1.165) is 21.8 Å². The van der Waals surface area contributed by atoms with Crippen molar-refractivity contribution in [3.63, 3.8) is 0 Å². The zero-order valence-corrected chi connectivity index (χ0v) is 16.4. The number of nitrogens with zero attached hydrogens (tertiary/aromatic N) is 3. The molecule has 0 saturated carbocycles. The topological polar surface area (TPSA) is 99.1 Å². The van der Waals surface area contributed by atoms with Gasteiger partial charge in [0.2, 0.25) is 0 Å². The number of aromatic nitrogens is 2. The van der Waals surface area contributed by atoms with E-state index in [2.05, 4.69) is 10.2 Å². The van der Waals surface area contributed by atoms with Crippen LogP contribution in [0.4, 0.5) is 5.69 Å². The number of carbonyl (C=O) groups is 1. The summed E-state index contributed by atoms with van der Waals surface area (Å²) in [5, 5.41) is 20.4. The predicted molar refractivity (Wildman–Crippen MR) is 108 cm³/mol. The zero-order chi connectivity index (χ0) is 19.7. The number of benzene rings is 2. The normalized spacial score (nSPS) is 11.0. The van der Waals surface area contributed by atoms with E-state index >= 15 is 0 Å². The van der Waals surface area contributed by atoms with Crippen LogP contribution in [0, 0.1) is 10.1 Å². The fourth-order valence-electron chi connectivity index (χ4n) is 2.49. The molecular weight excluding hydrogens is 422 g/mol. The maximum absolute atomic E-state index is 12.2. The highest BCUT2D eigenvalue weighted by molar-refractivity contribution is 7.99. The van der Waals surface area contributed by atoms with Gasteiger partial charge in [0.05, 0.1) is 15.7 Å². The number of ketones is 1. The first-order valence-corrected chi connectivity index (χ1v) is 10.1. The standard InChI is InChI=1S/C18H10ClN3O4S2/c19-15-12-3-1-2-4-14(12)28-16(15)17-20-21-18(26-17)27-9-13(23)10-5-7-11(8-6-10)22(24)25/h1-8H,9H2. The lowest BCUT2D eigenvalue weighted by molar-refractivity contribution is -0.384. The molecule has 0 amide bonds. The molecule has 4 aromatic rings. The summed E-state index contributed by atoms with van der Waals surface area (Å²) < 4.78 is 6.66. The number of halogens is 1. The SMILES string of the molecule is O=C(CSc1nnc(-c2sc3ccccc3c2Cl)o1)c1ccc([N+](=O)[O-])cc1. The number of rotatable bonds is 6. The monoisotopic (exact) mass is 431 g/mol. The Labute approximate surface area is 171 Å². The summed E-state index contributed by atoms with van der Waals surface area (Å²) in [6, 6.07) is 13.2. The maximum atomic E-state index is 12.2. The van der Waals surface area contributed by atoms with Gasteiger partial charge in [0, 0.05) is 27.8 Å². The second kappa shape index (κ2) is 7.70. The first-order valence-electron chi connectivity index (χ1n) is 7.94. The minimum Gasteiger partial charge on any atom is -0.410 e. The van der Waals surface area contributed by atoms with E-state index in [4.69, 9.17) is 16.0 Å². The lowest BCUT2D eigenvalue weighted by Crippen LogP contribution is -2.02. The molecule has 0 aliphatic carbocycles. The van der Waals surface area contributed by atoms with E-state index in [1.54, 1.807) is 0 Å². The second-order valence-electron chi connectivity index (χ2n) is 5.63. The molecule has 0 aliphatic heterocycles. The highest BCUT2D eigenvalue weighted by Gasteiger charge is 2.18. The Bertz CT molecular complexity index is 1190. The Morgan fingerprint density at radius 1 is 1.18 bits per heavy atom. The van der Waals surface area contributed by atoms with Crippen LogP contribution in [0.5, 0.6) is 0 Å². The van der Waals surface area contributed by atoms with E-state index in [-0.39, 0.29) is 22.4 Å². The number of carbonyl (C=O) groups excluding carboxylic acids is 1. The molecule has 4 rings (SSSR count). The lowest BCUT2D eigenvalue weighted by Gasteiger charge is -1.98. The Kier molecular flexibility index (Phi) is 5.12. The number of hydrogen-bond acceptors (Lipinski definition) is 8. The van der Waals surface area contributed by atoms with Crippen LogP contribution >= 0.6 is 34.7 Å². The van der Waals surface area contributed by atoms with Gasteiger partial charge in [0.1, 0.15) is 4.88 Å². The Balaban J connectivity index is 1.46. The first-order chi connectivity index (χ1) is 13.5. The minimum absolute atomic E-state index is 0.0639. The molecule has 2 aromatic heterocycles. The highest BCUT2D eigenvalue weighted by Crippen LogP contribution is 2.41. The van der Waals surface area contributed by atoms with Gasteiger partial charge < -0.3 is 4.42 Å². The van der Waals surface area contributed by atoms with Crippen LogP contribution in [0.1, 0.15) is 10.4 Å². The number of thiophene rings is 1. The van der Waals surface area contributed by atoms with Crippen LogP contribution < -0.4 is 0 Å². The Hall–Kier alpha value is -2.75. The van der Waals surface area contributed by atoms with Crippen molar-refractivity contribution in [2.75, 3.05) is 5.75 Å². The first kappa shape index (κ1) is 18.6. The van der Waals surface area contributed by atoms with E-state index in [9.17, 15) is 14.9 Å². The predicted octanol–water partition coefficient (Wildman–Crippen LogP) is 5.49. The van der Waals surface area contributed by atoms with Crippen LogP contribution in [-0.4, -0.2) is 26.7 Å². The third kappa shape index (κ3) is 3.64. The van der Waals surface area contributed by atoms with Crippen molar-refractivity contribution in [2.24, 2.45) is 0 Å². The van der Waals surface area contributed by atoms with Crippen LogP contribution in [-0.2, 0) is 0 Å². The fraction of sp³-hybridized carbons (Fsp3) is 0.0556. The van der Waals surface area contributed by atoms with Gasteiger partial charge >= 0.3 is 0 Å². The van der Waals surface area contributed by atoms with Crippen LogP contribution in [0.25, 0.3) is 20.9 Å². The molecule has 2 aromatic carbocycles. The number of thioether (sulfide) groups is 1. The number of nitro benzene ring substituents is 1. The molecule has 28 heavy (non-hydrogen) atoms. The molecule has 0 spiro atoms. The molecule has 2 heterocycles. The maximum Gasteiger partial charge on any atom is 0.277 e. The van der Waals surface area contributed by atoms with Gasteiger partial charge in [-0.15, -0.1) is 21.5 Å². The number of fused-ring (bicyclic) bond motifs is 1. The van der Waals surface area contributed by atoms with Gasteiger partial charge in [0.25, 0.3) is 16.8 Å². The summed E-state index contributed by atoms with van der Waals surface area (Å²) in [4.78, 5) is 23.1. The summed E-state index contributed by atoms with van der Waals surface area (Å²) in [7, 11) is 0. The van der Waals surface area contributed by atoms with Crippen LogP contribution in [0.15, 0.2) is 58.2 Å².